The second-order valence-electron chi connectivity index (χ2n) is 6.95. The largest absolute Gasteiger partial charge is 0.507 e. The zero-order chi connectivity index (χ0) is 20.8. The number of hydrogen-bond donors (Lipinski definition) is 2. The quantitative estimate of drug-likeness (QED) is 0.639. The monoisotopic (exact) mass is 416 g/mol. The van der Waals surface area contributed by atoms with Gasteiger partial charge in [0.05, 0.1) is 24.5 Å². The van der Waals surface area contributed by atoms with E-state index in [4.69, 9.17) is 16.3 Å². The van der Waals surface area contributed by atoms with Crippen LogP contribution in [0.2, 0.25) is 5.02 Å². The molecule has 29 heavy (non-hydrogen) atoms. The SMILES string of the molecule is COC(=O)c1c(O)cc(O)c(Cl)c1CCC1=NCCN1CCCc1ccccc1. The second kappa shape index (κ2) is 9.65. The van der Waals surface area contributed by atoms with Crippen LogP contribution in [0.25, 0.3) is 0 Å². The minimum Gasteiger partial charge on any atom is -0.507 e. The molecule has 7 heteroatoms. The summed E-state index contributed by atoms with van der Waals surface area (Å²) in [5.74, 6) is -0.345. The van der Waals surface area contributed by atoms with Crippen LogP contribution in [-0.4, -0.2) is 53.7 Å². The van der Waals surface area contributed by atoms with Crippen molar-refractivity contribution in [1.29, 1.82) is 0 Å². The molecule has 0 fully saturated rings. The van der Waals surface area contributed by atoms with Gasteiger partial charge in [0.25, 0.3) is 0 Å². The molecule has 154 valence electrons. The van der Waals surface area contributed by atoms with Gasteiger partial charge in [0, 0.05) is 25.6 Å². The Hall–Kier alpha value is -2.73. The van der Waals surface area contributed by atoms with Gasteiger partial charge in [-0.1, -0.05) is 41.9 Å². The predicted octanol–water partition coefficient (Wildman–Crippen LogP) is 3.82. The molecule has 1 heterocycles. The number of aryl methyl sites for hydroxylation is 1. The van der Waals surface area contributed by atoms with Crippen LogP contribution in [0, 0.1) is 0 Å². The van der Waals surface area contributed by atoms with Gasteiger partial charge in [-0.3, -0.25) is 4.99 Å². The molecular weight excluding hydrogens is 392 g/mol. The van der Waals surface area contributed by atoms with Gasteiger partial charge >= 0.3 is 5.97 Å². The maximum Gasteiger partial charge on any atom is 0.341 e. The van der Waals surface area contributed by atoms with Crippen molar-refractivity contribution in [2.45, 2.75) is 25.7 Å². The van der Waals surface area contributed by atoms with Gasteiger partial charge in [-0.25, -0.2) is 4.79 Å². The number of aliphatic imine (C=N–C) groups is 1. The third kappa shape index (κ3) is 5.01. The van der Waals surface area contributed by atoms with E-state index in [1.165, 1.54) is 12.7 Å². The van der Waals surface area contributed by atoms with Gasteiger partial charge in [0.15, 0.2) is 0 Å². The average Bonchev–Trinajstić information content (AvgIpc) is 3.17. The topological polar surface area (TPSA) is 82.4 Å². The average molecular weight is 417 g/mol. The minimum absolute atomic E-state index is 0.00970. The van der Waals surface area contributed by atoms with Gasteiger partial charge in [0.1, 0.15) is 17.1 Å². The molecule has 0 atom stereocenters. The molecule has 2 aromatic carbocycles. The summed E-state index contributed by atoms with van der Waals surface area (Å²) in [4.78, 5) is 18.9. The first-order chi connectivity index (χ1) is 14.0. The van der Waals surface area contributed by atoms with E-state index in [0.29, 0.717) is 18.4 Å². The number of phenolic OH excluding ortho intramolecular Hbond substituents is 2. The molecule has 0 unspecified atom stereocenters. The number of carbonyl (C=O) groups is 1. The molecule has 2 N–H and O–H groups in total. The Balaban J connectivity index is 1.65. The summed E-state index contributed by atoms with van der Waals surface area (Å²) < 4.78 is 4.76. The number of esters is 1. The summed E-state index contributed by atoms with van der Waals surface area (Å²) in [5, 5.41) is 20.1. The highest BCUT2D eigenvalue weighted by Gasteiger charge is 2.24. The Labute approximate surface area is 175 Å². The molecule has 0 aromatic heterocycles. The lowest BCUT2D eigenvalue weighted by atomic mass is 10.0. The number of methoxy groups -OCH3 is 1. The summed E-state index contributed by atoms with van der Waals surface area (Å²) in [6.07, 6.45) is 2.94. The Morgan fingerprint density at radius 2 is 1.93 bits per heavy atom. The van der Waals surface area contributed by atoms with E-state index in [1.807, 2.05) is 18.2 Å². The Bertz CT molecular complexity index is 899. The molecule has 1 aliphatic heterocycles. The first kappa shape index (κ1) is 21.0. The first-order valence-electron chi connectivity index (χ1n) is 9.65. The van der Waals surface area contributed by atoms with Gasteiger partial charge in [0.2, 0.25) is 0 Å². The number of nitrogens with zero attached hydrogens (tertiary/aromatic N) is 2. The van der Waals surface area contributed by atoms with E-state index in [-0.39, 0.29) is 22.1 Å². The summed E-state index contributed by atoms with van der Waals surface area (Å²) in [6.45, 7) is 2.51. The number of rotatable bonds is 8. The highest BCUT2D eigenvalue weighted by atomic mass is 35.5. The van der Waals surface area contributed by atoms with Gasteiger partial charge in [-0.05, 0) is 30.4 Å². The van der Waals surface area contributed by atoms with Gasteiger partial charge in [-0.2, -0.15) is 0 Å². The molecule has 0 aliphatic carbocycles. The molecule has 3 rings (SSSR count). The normalized spacial score (nSPS) is 13.4. The molecule has 0 radical (unpaired) electrons. The van der Waals surface area contributed by atoms with Crippen LogP contribution < -0.4 is 0 Å². The third-order valence-electron chi connectivity index (χ3n) is 5.07. The molecule has 6 nitrogen and oxygen atoms in total. The molecule has 2 aromatic rings. The van der Waals surface area contributed by atoms with Crippen molar-refractivity contribution in [3.05, 3.63) is 58.1 Å². The third-order valence-corrected chi connectivity index (χ3v) is 5.50. The van der Waals surface area contributed by atoms with Crippen molar-refractivity contribution in [3.63, 3.8) is 0 Å². The smallest absolute Gasteiger partial charge is 0.341 e. The molecular formula is C22H25ClN2O4. The Morgan fingerprint density at radius 1 is 1.17 bits per heavy atom. The maximum atomic E-state index is 12.1. The Morgan fingerprint density at radius 3 is 2.66 bits per heavy atom. The van der Waals surface area contributed by atoms with E-state index < -0.39 is 5.97 Å². The van der Waals surface area contributed by atoms with Gasteiger partial charge < -0.3 is 19.8 Å². The van der Waals surface area contributed by atoms with Crippen molar-refractivity contribution in [1.82, 2.24) is 4.90 Å². The predicted molar refractivity (Wildman–Crippen MR) is 113 cm³/mol. The van der Waals surface area contributed by atoms with Crippen LogP contribution >= 0.6 is 11.6 Å². The van der Waals surface area contributed by atoms with Crippen LogP contribution in [0.5, 0.6) is 11.5 Å². The number of benzene rings is 2. The summed E-state index contributed by atoms with van der Waals surface area (Å²) >= 11 is 6.22. The van der Waals surface area contributed by atoms with Crippen molar-refractivity contribution in [2.75, 3.05) is 26.7 Å². The summed E-state index contributed by atoms with van der Waals surface area (Å²) in [6, 6.07) is 11.4. The van der Waals surface area contributed by atoms with Crippen LogP contribution in [0.15, 0.2) is 41.4 Å². The van der Waals surface area contributed by atoms with Crippen molar-refractivity contribution < 1.29 is 19.7 Å². The number of amidine groups is 1. The van der Waals surface area contributed by atoms with E-state index in [9.17, 15) is 15.0 Å². The highest BCUT2D eigenvalue weighted by molar-refractivity contribution is 6.33. The summed E-state index contributed by atoms with van der Waals surface area (Å²) in [7, 11) is 1.24. The molecule has 0 saturated heterocycles. The number of hydrogen-bond acceptors (Lipinski definition) is 6. The zero-order valence-corrected chi connectivity index (χ0v) is 17.2. The number of ether oxygens (including phenoxy) is 1. The number of carbonyl (C=O) groups excluding carboxylic acids is 1. The van der Waals surface area contributed by atoms with Crippen LogP contribution in [0.3, 0.4) is 0 Å². The standard InChI is InChI=1S/C22H25ClN2O4/c1-29-22(28)20-16(21(23)18(27)14-17(20)26)9-10-19-24-11-13-25(19)12-5-8-15-6-3-2-4-7-15/h2-4,6-7,14,26-27H,5,8-13H2,1H3. The maximum absolute atomic E-state index is 12.1. The molecule has 1 aliphatic rings. The lowest BCUT2D eigenvalue weighted by Crippen LogP contribution is -2.29. The fourth-order valence-electron chi connectivity index (χ4n) is 3.61. The minimum atomic E-state index is -0.688. The van der Waals surface area contributed by atoms with Crippen LogP contribution in [-0.2, 0) is 17.6 Å². The fourth-order valence-corrected chi connectivity index (χ4v) is 3.85. The Kier molecular flexibility index (Phi) is 6.99. The van der Waals surface area contributed by atoms with E-state index >= 15 is 0 Å². The lowest BCUT2D eigenvalue weighted by Gasteiger charge is -2.21. The fraction of sp³-hybridized carbons (Fsp3) is 0.364. The lowest BCUT2D eigenvalue weighted by molar-refractivity contribution is 0.0596. The van der Waals surface area contributed by atoms with E-state index in [1.54, 1.807) is 0 Å². The molecule has 0 bridgehead atoms. The molecule has 0 saturated carbocycles. The van der Waals surface area contributed by atoms with E-state index in [0.717, 1.165) is 44.4 Å². The summed E-state index contributed by atoms with van der Waals surface area (Å²) in [5.41, 5.74) is 1.68. The first-order valence-corrected chi connectivity index (χ1v) is 10.0. The van der Waals surface area contributed by atoms with Crippen molar-refractivity contribution in [2.24, 2.45) is 4.99 Å². The van der Waals surface area contributed by atoms with Crippen molar-refractivity contribution >= 4 is 23.4 Å². The molecule has 0 amide bonds. The van der Waals surface area contributed by atoms with Crippen molar-refractivity contribution in [3.8, 4) is 11.5 Å². The van der Waals surface area contributed by atoms with Crippen LogP contribution in [0.1, 0.15) is 34.3 Å². The number of halogens is 1. The van der Waals surface area contributed by atoms with E-state index in [2.05, 4.69) is 22.0 Å². The number of phenols is 2. The zero-order valence-electron chi connectivity index (χ0n) is 16.4. The number of aromatic hydroxyl groups is 2. The van der Waals surface area contributed by atoms with Crippen LogP contribution in [0.4, 0.5) is 0 Å². The molecule has 0 spiro atoms. The van der Waals surface area contributed by atoms with Gasteiger partial charge in [-0.15, -0.1) is 0 Å². The second-order valence-corrected chi connectivity index (χ2v) is 7.33. The highest BCUT2D eigenvalue weighted by Crippen LogP contribution is 2.37.